The van der Waals surface area contributed by atoms with Crippen LogP contribution < -0.4 is 0 Å². The third-order valence-corrected chi connectivity index (χ3v) is 5.26. The lowest BCUT2D eigenvalue weighted by atomic mass is 9.81. The fraction of sp³-hybridized carbons (Fsp3) is 0.182. The highest BCUT2D eigenvalue weighted by atomic mass is 32.2. The van der Waals surface area contributed by atoms with Crippen molar-refractivity contribution in [1.82, 2.24) is 4.98 Å². The maximum Gasteiger partial charge on any atom is 0.237 e. The van der Waals surface area contributed by atoms with Gasteiger partial charge in [0.05, 0.1) is 0 Å². The summed E-state index contributed by atoms with van der Waals surface area (Å²) >= 11 is 1.78. The molecular formula is C22H20N2OS. The van der Waals surface area contributed by atoms with Crippen LogP contribution in [-0.2, 0) is 10.3 Å². The van der Waals surface area contributed by atoms with Gasteiger partial charge in [-0.05, 0) is 18.4 Å². The lowest BCUT2D eigenvalue weighted by Crippen LogP contribution is -2.40. The SMILES string of the molecule is CSC[C@@H]1N=C(c2ccccn2)OC1(c1ccccc1)c1ccccc1. The first-order valence-electron chi connectivity index (χ1n) is 8.63. The van der Waals surface area contributed by atoms with E-state index < -0.39 is 5.60 Å². The monoisotopic (exact) mass is 360 g/mol. The second-order valence-electron chi connectivity index (χ2n) is 6.19. The molecule has 3 aromatic rings. The highest BCUT2D eigenvalue weighted by Gasteiger charge is 2.49. The average Bonchev–Trinajstić information content (AvgIpc) is 3.11. The van der Waals surface area contributed by atoms with E-state index in [-0.39, 0.29) is 6.04 Å². The Balaban J connectivity index is 1.88. The molecule has 1 aliphatic rings. The topological polar surface area (TPSA) is 34.5 Å². The molecule has 3 nitrogen and oxygen atoms in total. The molecule has 26 heavy (non-hydrogen) atoms. The van der Waals surface area contributed by atoms with Crippen molar-refractivity contribution in [2.75, 3.05) is 12.0 Å². The smallest absolute Gasteiger partial charge is 0.237 e. The normalized spacial score (nSPS) is 18.2. The number of hydrogen-bond donors (Lipinski definition) is 0. The number of hydrogen-bond acceptors (Lipinski definition) is 4. The minimum atomic E-state index is -0.640. The van der Waals surface area contributed by atoms with Gasteiger partial charge < -0.3 is 4.74 Å². The largest absolute Gasteiger partial charge is 0.458 e. The van der Waals surface area contributed by atoms with Gasteiger partial charge in [-0.25, -0.2) is 4.99 Å². The summed E-state index contributed by atoms with van der Waals surface area (Å²) in [6.07, 6.45) is 3.88. The Labute approximate surface area is 158 Å². The van der Waals surface area contributed by atoms with Crippen LogP contribution in [0, 0.1) is 0 Å². The second kappa shape index (κ2) is 7.34. The second-order valence-corrected chi connectivity index (χ2v) is 7.10. The van der Waals surface area contributed by atoms with Gasteiger partial charge in [-0.15, -0.1) is 0 Å². The fourth-order valence-electron chi connectivity index (χ4n) is 3.44. The summed E-state index contributed by atoms with van der Waals surface area (Å²) < 4.78 is 6.65. The number of thioether (sulfide) groups is 1. The number of ether oxygens (including phenoxy) is 1. The van der Waals surface area contributed by atoms with Crippen LogP contribution in [0.3, 0.4) is 0 Å². The lowest BCUT2D eigenvalue weighted by molar-refractivity contribution is 0.105. The predicted octanol–water partition coefficient (Wildman–Crippen LogP) is 4.53. The first-order valence-corrected chi connectivity index (χ1v) is 10.0. The summed E-state index contributed by atoms with van der Waals surface area (Å²) in [5.41, 5.74) is 2.35. The summed E-state index contributed by atoms with van der Waals surface area (Å²) in [6.45, 7) is 0. The fourth-order valence-corrected chi connectivity index (χ4v) is 4.07. The van der Waals surface area contributed by atoms with Crippen molar-refractivity contribution < 1.29 is 4.74 Å². The quantitative estimate of drug-likeness (QED) is 0.670. The van der Waals surface area contributed by atoms with Crippen molar-refractivity contribution in [3.63, 3.8) is 0 Å². The molecule has 0 spiro atoms. The minimum Gasteiger partial charge on any atom is -0.458 e. The summed E-state index contributed by atoms with van der Waals surface area (Å²) in [7, 11) is 0. The zero-order valence-electron chi connectivity index (χ0n) is 14.6. The Bertz CT molecular complexity index is 842. The molecule has 2 aromatic carbocycles. The minimum absolute atomic E-state index is 0.0284. The molecule has 1 aliphatic heterocycles. The van der Waals surface area contributed by atoms with Crippen LogP contribution in [0.1, 0.15) is 16.8 Å². The van der Waals surface area contributed by atoms with Crippen LogP contribution in [0.25, 0.3) is 0 Å². The van der Waals surface area contributed by atoms with Crippen molar-refractivity contribution in [2.24, 2.45) is 4.99 Å². The summed E-state index contributed by atoms with van der Waals surface area (Å²) in [5, 5.41) is 0. The molecule has 4 heteroatoms. The Morgan fingerprint density at radius 1 is 0.885 bits per heavy atom. The number of rotatable bonds is 5. The molecule has 0 saturated carbocycles. The van der Waals surface area contributed by atoms with Gasteiger partial charge in [-0.3, -0.25) is 4.98 Å². The first-order chi connectivity index (χ1) is 12.8. The molecular weight excluding hydrogens is 340 g/mol. The molecule has 0 amide bonds. The molecule has 1 aromatic heterocycles. The van der Waals surface area contributed by atoms with E-state index in [2.05, 4.69) is 59.8 Å². The highest BCUT2D eigenvalue weighted by molar-refractivity contribution is 7.98. The molecule has 2 heterocycles. The number of nitrogens with zero attached hydrogens (tertiary/aromatic N) is 2. The third-order valence-electron chi connectivity index (χ3n) is 4.61. The Morgan fingerprint density at radius 3 is 2.04 bits per heavy atom. The molecule has 130 valence electrons. The molecule has 1 atom stereocenters. The molecule has 0 radical (unpaired) electrons. The third kappa shape index (κ3) is 2.90. The molecule has 0 saturated heterocycles. The van der Waals surface area contributed by atoms with Crippen LogP contribution in [0.15, 0.2) is 90.1 Å². The predicted molar refractivity (Wildman–Crippen MR) is 108 cm³/mol. The van der Waals surface area contributed by atoms with Crippen molar-refractivity contribution in [3.8, 4) is 0 Å². The van der Waals surface area contributed by atoms with E-state index >= 15 is 0 Å². The van der Waals surface area contributed by atoms with E-state index in [9.17, 15) is 0 Å². The Morgan fingerprint density at radius 2 is 1.50 bits per heavy atom. The highest BCUT2D eigenvalue weighted by Crippen LogP contribution is 2.44. The van der Waals surface area contributed by atoms with Crippen LogP contribution in [-0.4, -0.2) is 28.9 Å². The molecule has 4 rings (SSSR count). The maximum absolute atomic E-state index is 6.65. The van der Waals surface area contributed by atoms with Crippen molar-refractivity contribution in [2.45, 2.75) is 11.6 Å². The van der Waals surface area contributed by atoms with Crippen molar-refractivity contribution in [3.05, 3.63) is 102 Å². The van der Waals surface area contributed by atoms with Gasteiger partial charge in [-0.2, -0.15) is 11.8 Å². The molecule has 0 bridgehead atoms. The lowest BCUT2D eigenvalue weighted by Gasteiger charge is -2.34. The van der Waals surface area contributed by atoms with Gasteiger partial charge in [0, 0.05) is 23.1 Å². The zero-order chi connectivity index (χ0) is 17.8. The summed E-state index contributed by atoms with van der Waals surface area (Å²) in [6, 6.07) is 26.5. The molecule has 0 fully saturated rings. The van der Waals surface area contributed by atoms with E-state index in [0.717, 1.165) is 22.6 Å². The Kier molecular flexibility index (Phi) is 4.76. The van der Waals surface area contributed by atoms with E-state index in [4.69, 9.17) is 9.73 Å². The van der Waals surface area contributed by atoms with Crippen molar-refractivity contribution in [1.29, 1.82) is 0 Å². The number of benzene rings is 2. The number of aromatic nitrogens is 1. The van der Waals surface area contributed by atoms with E-state index in [1.807, 2.05) is 30.3 Å². The molecule has 0 N–H and O–H groups in total. The van der Waals surface area contributed by atoms with E-state index in [1.54, 1.807) is 18.0 Å². The number of aliphatic imine (C=N–C) groups is 1. The Hall–Kier alpha value is -2.59. The maximum atomic E-state index is 6.65. The average molecular weight is 360 g/mol. The van der Waals surface area contributed by atoms with E-state index in [1.165, 1.54) is 0 Å². The van der Waals surface area contributed by atoms with Crippen LogP contribution >= 0.6 is 11.8 Å². The zero-order valence-corrected chi connectivity index (χ0v) is 15.4. The van der Waals surface area contributed by atoms with Gasteiger partial charge in [0.2, 0.25) is 5.90 Å². The first kappa shape index (κ1) is 16.9. The van der Waals surface area contributed by atoms with Gasteiger partial charge >= 0.3 is 0 Å². The summed E-state index contributed by atoms with van der Waals surface area (Å²) in [5.74, 6) is 1.47. The van der Waals surface area contributed by atoms with Gasteiger partial charge in [0.1, 0.15) is 11.7 Å². The van der Waals surface area contributed by atoms with Gasteiger partial charge in [-0.1, -0.05) is 66.7 Å². The van der Waals surface area contributed by atoms with Gasteiger partial charge in [0.15, 0.2) is 5.60 Å². The standard InChI is InChI=1S/C22H20N2OS/c1-26-16-20-22(17-10-4-2-5-11-17,18-12-6-3-7-13-18)25-21(24-20)19-14-8-9-15-23-19/h2-15,20H,16H2,1H3/t20-/m0/s1. The van der Waals surface area contributed by atoms with Crippen LogP contribution in [0.4, 0.5) is 0 Å². The summed E-state index contributed by atoms with van der Waals surface area (Å²) in [4.78, 5) is 9.41. The van der Waals surface area contributed by atoms with Gasteiger partial charge in [0.25, 0.3) is 0 Å². The van der Waals surface area contributed by atoms with Crippen LogP contribution in [0.2, 0.25) is 0 Å². The van der Waals surface area contributed by atoms with Crippen molar-refractivity contribution >= 4 is 17.7 Å². The molecule has 0 aliphatic carbocycles. The number of pyridine rings is 1. The van der Waals surface area contributed by atoms with E-state index in [0.29, 0.717) is 5.90 Å². The molecule has 0 unspecified atom stereocenters. The van der Waals surface area contributed by atoms with Crippen LogP contribution in [0.5, 0.6) is 0 Å².